The Labute approximate surface area is 99.3 Å². The number of nitro benzene ring substituents is 1. The molecule has 0 fully saturated rings. The van der Waals surface area contributed by atoms with Crippen LogP contribution in [0.5, 0.6) is 0 Å². The van der Waals surface area contributed by atoms with Gasteiger partial charge < -0.3 is 10.2 Å². The minimum absolute atomic E-state index is 0. The van der Waals surface area contributed by atoms with Gasteiger partial charge in [0.1, 0.15) is 0 Å². The molecule has 8 heteroatoms. The van der Waals surface area contributed by atoms with Crippen LogP contribution in [0.1, 0.15) is 20.7 Å². The Morgan fingerprint density at radius 3 is 2.12 bits per heavy atom. The first-order valence-corrected chi connectivity index (χ1v) is 3.69. The van der Waals surface area contributed by atoms with Crippen LogP contribution in [0.2, 0.25) is 0 Å². The summed E-state index contributed by atoms with van der Waals surface area (Å²) in [6.45, 7) is 0. The summed E-state index contributed by atoms with van der Waals surface area (Å²) in [6.07, 6.45) is 0. The van der Waals surface area contributed by atoms with E-state index in [-0.39, 0.29) is 17.1 Å². The van der Waals surface area contributed by atoms with Crippen molar-refractivity contribution in [2.45, 2.75) is 0 Å². The predicted molar refractivity (Wildman–Crippen MR) is 47.0 cm³/mol. The third-order valence-electron chi connectivity index (χ3n) is 1.68. The Morgan fingerprint density at radius 1 is 1.19 bits per heavy atom. The molecule has 1 radical (unpaired) electrons. The average molecular weight is 275 g/mol. The van der Waals surface area contributed by atoms with Gasteiger partial charge in [-0.2, -0.15) is 0 Å². The molecule has 16 heavy (non-hydrogen) atoms. The molecule has 89 valence electrons. The van der Waals surface area contributed by atoms with Crippen molar-refractivity contribution in [1.29, 1.82) is 0 Å². The van der Waals surface area contributed by atoms with Gasteiger partial charge in [0.05, 0.1) is 10.5 Å². The summed E-state index contributed by atoms with van der Waals surface area (Å²) in [7, 11) is 0. The average Bonchev–Trinajstić information content (AvgIpc) is 2.16. The van der Waals surface area contributed by atoms with Gasteiger partial charge in [-0.1, -0.05) is 6.07 Å². The molecule has 0 aromatic heterocycles. The summed E-state index contributed by atoms with van der Waals surface area (Å²) in [5, 5.41) is 27.8. The maximum atomic E-state index is 10.7. The van der Waals surface area contributed by atoms with Crippen molar-refractivity contribution < 1.29 is 41.8 Å². The zero-order valence-corrected chi connectivity index (χ0v) is 8.45. The van der Waals surface area contributed by atoms with E-state index in [2.05, 4.69) is 0 Å². The summed E-state index contributed by atoms with van der Waals surface area (Å²) >= 11 is 0. The smallest absolute Gasteiger partial charge is 0.343 e. The van der Waals surface area contributed by atoms with E-state index in [0.717, 1.165) is 18.2 Å². The Balaban J connectivity index is 0.00000225. The first kappa shape index (κ1) is 14.1. The number of carboxylic acids is 2. The summed E-state index contributed by atoms with van der Waals surface area (Å²) in [4.78, 5) is 30.8. The predicted octanol–water partition coefficient (Wildman–Crippen LogP) is 0.989. The first-order valence-electron chi connectivity index (χ1n) is 3.69. The number of nitro groups is 1. The van der Waals surface area contributed by atoms with Gasteiger partial charge in [-0.05, 0) is 6.07 Å². The molecule has 0 spiro atoms. The van der Waals surface area contributed by atoms with E-state index in [9.17, 15) is 19.7 Å². The topological polar surface area (TPSA) is 118 Å². The van der Waals surface area contributed by atoms with Crippen LogP contribution in [-0.2, 0) is 17.1 Å². The van der Waals surface area contributed by atoms with E-state index in [1.807, 2.05) is 0 Å². The Morgan fingerprint density at radius 2 is 1.75 bits per heavy atom. The summed E-state index contributed by atoms with van der Waals surface area (Å²) in [5.41, 5.74) is -2.14. The molecule has 0 unspecified atom stereocenters. The van der Waals surface area contributed by atoms with Crippen molar-refractivity contribution in [1.82, 2.24) is 0 Å². The van der Waals surface area contributed by atoms with Crippen LogP contribution in [0, 0.1) is 10.1 Å². The van der Waals surface area contributed by atoms with Crippen LogP contribution < -0.4 is 0 Å². The normalized spacial score (nSPS) is 9.00. The largest absolute Gasteiger partial charge is 0.478 e. The molecule has 0 saturated carbocycles. The van der Waals surface area contributed by atoms with E-state index in [0.29, 0.717) is 0 Å². The minimum atomic E-state index is -1.64. The molecule has 1 aromatic carbocycles. The maximum Gasteiger partial charge on any atom is 0.343 e. The Kier molecular flexibility index (Phi) is 4.61. The first-order chi connectivity index (χ1) is 6.95. The molecule has 0 saturated heterocycles. The molecule has 0 bridgehead atoms. The molecule has 0 atom stereocenters. The quantitative estimate of drug-likeness (QED) is 0.482. The molecule has 0 heterocycles. The second-order valence-corrected chi connectivity index (χ2v) is 2.57. The Bertz CT molecular complexity index is 426. The van der Waals surface area contributed by atoms with Gasteiger partial charge >= 0.3 is 11.9 Å². The van der Waals surface area contributed by atoms with E-state index >= 15 is 0 Å². The van der Waals surface area contributed by atoms with Crippen LogP contribution in [0.3, 0.4) is 0 Å². The van der Waals surface area contributed by atoms with Gasteiger partial charge in [-0.3, -0.25) is 10.1 Å². The van der Waals surface area contributed by atoms with Crippen molar-refractivity contribution in [3.63, 3.8) is 0 Å². The fourth-order valence-corrected chi connectivity index (χ4v) is 1.10. The molecular formula is C8H5CuNO6. The number of nitrogens with zero attached hydrogens (tertiary/aromatic N) is 1. The zero-order chi connectivity index (χ0) is 11.6. The van der Waals surface area contributed by atoms with Gasteiger partial charge in [0.25, 0.3) is 5.69 Å². The van der Waals surface area contributed by atoms with Crippen LogP contribution >= 0.6 is 0 Å². The Hall–Kier alpha value is -1.92. The van der Waals surface area contributed by atoms with Gasteiger partial charge in [-0.15, -0.1) is 0 Å². The molecule has 0 amide bonds. The second kappa shape index (κ2) is 5.24. The third kappa shape index (κ3) is 2.56. The SMILES string of the molecule is O=C(O)c1cccc([N+](=O)[O-])c1C(=O)O.[Cu]. The standard InChI is InChI=1S/C8H5NO6.Cu/c10-7(11)4-2-1-3-5(9(14)15)6(4)8(12)13;/h1-3H,(H,10,11)(H,12,13);. The minimum Gasteiger partial charge on any atom is -0.478 e. The number of aromatic carboxylic acids is 2. The molecular weight excluding hydrogens is 270 g/mol. The van der Waals surface area contributed by atoms with Crippen molar-refractivity contribution in [2.24, 2.45) is 0 Å². The molecule has 0 aliphatic heterocycles. The molecule has 0 aliphatic carbocycles. The van der Waals surface area contributed by atoms with E-state index in [1.54, 1.807) is 0 Å². The van der Waals surface area contributed by atoms with Gasteiger partial charge in [-0.25, -0.2) is 9.59 Å². The van der Waals surface area contributed by atoms with Crippen molar-refractivity contribution in [3.05, 3.63) is 39.4 Å². The third-order valence-corrected chi connectivity index (χ3v) is 1.68. The number of carboxylic acid groups (broad SMARTS) is 2. The van der Waals surface area contributed by atoms with Crippen molar-refractivity contribution in [2.75, 3.05) is 0 Å². The maximum absolute atomic E-state index is 10.7. The van der Waals surface area contributed by atoms with Crippen LogP contribution in [0.25, 0.3) is 0 Å². The monoisotopic (exact) mass is 274 g/mol. The second-order valence-electron chi connectivity index (χ2n) is 2.57. The number of hydrogen-bond acceptors (Lipinski definition) is 4. The van der Waals surface area contributed by atoms with Crippen molar-refractivity contribution in [3.8, 4) is 0 Å². The molecule has 2 N–H and O–H groups in total. The molecule has 0 aliphatic rings. The summed E-state index contributed by atoms with van der Waals surface area (Å²) < 4.78 is 0. The number of hydrogen-bond donors (Lipinski definition) is 2. The van der Waals surface area contributed by atoms with Gasteiger partial charge in [0.15, 0.2) is 5.56 Å². The van der Waals surface area contributed by atoms with E-state index < -0.39 is 33.7 Å². The van der Waals surface area contributed by atoms with E-state index in [1.165, 1.54) is 0 Å². The zero-order valence-electron chi connectivity index (χ0n) is 7.51. The van der Waals surface area contributed by atoms with Crippen LogP contribution in [-0.4, -0.2) is 27.1 Å². The van der Waals surface area contributed by atoms with E-state index in [4.69, 9.17) is 10.2 Å². The van der Waals surface area contributed by atoms with Gasteiger partial charge in [0, 0.05) is 23.1 Å². The molecule has 1 rings (SSSR count). The number of carbonyl (C=O) groups is 2. The number of benzene rings is 1. The number of rotatable bonds is 3. The van der Waals surface area contributed by atoms with Crippen LogP contribution in [0.4, 0.5) is 5.69 Å². The summed E-state index contributed by atoms with van der Waals surface area (Å²) in [5.74, 6) is -3.16. The van der Waals surface area contributed by atoms with Crippen molar-refractivity contribution >= 4 is 17.6 Å². The fourth-order valence-electron chi connectivity index (χ4n) is 1.10. The summed E-state index contributed by atoms with van der Waals surface area (Å²) in [6, 6.07) is 3.06. The molecule has 7 nitrogen and oxygen atoms in total. The van der Waals surface area contributed by atoms with Crippen LogP contribution in [0.15, 0.2) is 18.2 Å². The fraction of sp³-hybridized carbons (Fsp3) is 0. The van der Waals surface area contributed by atoms with Gasteiger partial charge in [0.2, 0.25) is 0 Å². The molecule has 1 aromatic rings.